The van der Waals surface area contributed by atoms with Gasteiger partial charge in [0.1, 0.15) is 6.04 Å². The Morgan fingerprint density at radius 1 is 1.14 bits per heavy atom. The molecule has 6 nitrogen and oxygen atoms in total. The van der Waals surface area contributed by atoms with Crippen LogP contribution >= 0.6 is 11.6 Å². The molecule has 2 unspecified atom stereocenters. The number of methoxy groups -OCH3 is 3. The van der Waals surface area contributed by atoms with Crippen molar-refractivity contribution in [2.45, 2.75) is 24.9 Å². The molecular weight excluding hydrogens is 382 g/mol. The van der Waals surface area contributed by atoms with Crippen LogP contribution in [0.5, 0.6) is 17.2 Å². The Morgan fingerprint density at radius 3 is 2.50 bits per heavy atom. The van der Waals surface area contributed by atoms with Crippen LogP contribution in [-0.2, 0) is 4.79 Å². The number of ether oxygens (including phenoxy) is 3. The van der Waals surface area contributed by atoms with Crippen molar-refractivity contribution in [1.29, 1.82) is 0 Å². The number of carboxylic acid groups (broad SMARTS) is 1. The third-order valence-corrected chi connectivity index (χ3v) is 5.34. The minimum atomic E-state index is -0.830. The lowest BCUT2D eigenvalue weighted by molar-refractivity contribution is -0.142. The molecule has 1 fully saturated rings. The summed E-state index contributed by atoms with van der Waals surface area (Å²) in [6.07, 6.45) is 1.41. The van der Waals surface area contributed by atoms with E-state index in [2.05, 4.69) is 0 Å². The zero-order chi connectivity index (χ0) is 20.3. The van der Waals surface area contributed by atoms with Crippen molar-refractivity contribution in [3.63, 3.8) is 0 Å². The van der Waals surface area contributed by atoms with Crippen LogP contribution < -0.4 is 14.2 Å². The minimum Gasteiger partial charge on any atom is -0.493 e. The number of nitrogens with zero attached hydrogens (tertiary/aromatic N) is 1. The number of likely N-dealkylation sites (tertiary alicyclic amines) is 1. The largest absolute Gasteiger partial charge is 0.493 e. The van der Waals surface area contributed by atoms with Crippen molar-refractivity contribution in [3.05, 3.63) is 52.5 Å². The molecule has 0 radical (unpaired) electrons. The number of aliphatic carboxylic acids is 1. The van der Waals surface area contributed by atoms with Crippen molar-refractivity contribution in [2.75, 3.05) is 27.9 Å². The standard InChI is InChI=1S/C21H24ClNO5/c1-26-17-10-9-15(19(27-2)20(17)28-3)18(13-6-4-7-14(22)12-13)23-11-5-8-16(23)21(24)25/h4,6-7,9-10,12,16,18H,5,8,11H2,1-3H3,(H,24,25). The van der Waals surface area contributed by atoms with Gasteiger partial charge in [0.05, 0.1) is 27.4 Å². The summed E-state index contributed by atoms with van der Waals surface area (Å²) in [7, 11) is 4.68. The van der Waals surface area contributed by atoms with Crippen LogP contribution in [0, 0.1) is 0 Å². The molecule has 3 rings (SSSR count). The summed E-state index contributed by atoms with van der Waals surface area (Å²) < 4.78 is 16.6. The van der Waals surface area contributed by atoms with E-state index in [0.717, 1.165) is 17.5 Å². The molecule has 0 aromatic heterocycles. The van der Waals surface area contributed by atoms with Gasteiger partial charge in [-0.2, -0.15) is 0 Å². The second-order valence-electron chi connectivity index (χ2n) is 6.62. The van der Waals surface area contributed by atoms with Crippen molar-refractivity contribution >= 4 is 17.6 Å². The van der Waals surface area contributed by atoms with E-state index in [9.17, 15) is 9.90 Å². The summed E-state index contributed by atoms with van der Waals surface area (Å²) >= 11 is 6.25. The van der Waals surface area contributed by atoms with Gasteiger partial charge in [0, 0.05) is 17.1 Å². The van der Waals surface area contributed by atoms with Gasteiger partial charge in [-0.05, 0) is 42.7 Å². The number of hydrogen-bond acceptors (Lipinski definition) is 5. The molecular formula is C21H24ClNO5. The number of carboxylic acids is 1. The lowest BCUT2D eigenvalue weighted by Crippen LogP contribution is -2.39. The van der Waals surface area contributed by atoms with E-state index in [4.69, 9.17) is 25.8 Å². The van der Waals surface area contributed by atoms with Crippen molar-refractivity contribution in [1.82, 2.24) is 4.90 Å². The van der Waals surface area contributed by atoms with Crippen LogP contribution in [0.25, 0.3) is 0 Å². The molecule has 1 aliphatic rings. The number of hydrogen-bond donors (Lipinski definition) is 1. The number of halogens is 1. The Morgan fingerprint density at radius 2 is 1.89 bits per heavy atom. The maximum absolute atomic E-state index is 11.9. The van der Waals surface area contributed by atoms with Gasteiger partial charge in [-0.15, -0.1) is 0 Å². The Hall–Kier alpha value is -2.44. The first kappa shape index (κ1) is 20.3. The summed E-state index contributed by atoms with van der Waals surface area (Å²) in [5.41, 5.74) is 1.70. The Bertz CT molecular complexity index is 857. The SMILES string of the molecule is COc1ccc(C(c2cccc(Cl)c2)N2CCCC2C(=O)O)c(OC)c1OC. The maximum Gasteiger partial charge on any atom is 0.320 e. The predicted molar refractivity (Wildman–Crippen MR) is 107 cm³/mol. The van der Waals surface area contributed by atoms with E-state index in [1.54, 1.807) is 33.5 Å². The van der Waals surface area contributed by atoms with Gasteiger partial charge >= 0.3 is 5.97 Å². The smallest absolute Gasteiger partial charge is 0.320 e. The highest BCUT2D eigenvalue weighted by molar-refractivity contribution is 6.30. The van der Waals surface area contributed by atoms with E-state index in [0.29, 0.717) is 35.2 Å². The summed E-state index contributed by atoms with van der Waals surface area (Å²) in [6.45, 7) is 0.658. The summed E-state index contributed by atoms with van der Waals surface area (Å²) in [6, 6.07) is 10.2. The normalized spacial score (nSPS) is 17.9. The highest BCUT2D eigenvalue weighted by atomic mass is 35.5. The first-order chi connectivity index (χ1) is 13.5. The molecule has 28 heavy (non-hydrogen) atoms. The fourth-order valence-electron chi connectivity index (χ4n) is 3.93. The van der Waals surface area contributed by atoms with E-state index >= 15 is 0 Å². The number of carbonyl (C=O) groups is 1. The fraction of sp³-hybridized carbons (Fsp3) is 0.381. The van der Waals surface area contributed by atoms with Crippen LogP contribution in [0.3, 0.4) is 0 Å². The van der Waals surface area contributed by atoms with Gasteiger partial charge in [-0.1, -0.05) is 23.7 Å². The van der Waals surface area contributed by atoms with E-state index in [1.807, 2.05) is 29.2 Å². The zero-order valence-electron chi connectivity index (χ0n) is 16.1. The predicted octanol–water partition coefficient (Wildman–Crippen LogP) is 4.00. The van der Waals surface area contributed by atoms with Gasteiger partial charge < -0.3 is 19.3 Å². The lowest BCUT2D eigenvalue weighted by Gasteiger charge is -2.33. The lowest BCUT2D eigenvalue weighted by atomic mass is 9.94. The average molecular weight is 406 g/mol. The Labute approximate surface area is 169 Å². The molecule has 7 heteroatoms. The fourth-order valence-corrected chi connectivity index (χ4v) is 4.13. The zero-order valence-corrected chi connectivity index (χ0v) is 16.9. The van der Waals surface area contributed by atoms with Crippen molar-refractivity contribution < 1.29 is 24.1 Å². The van der Waals surface area contributed by atoms with E-state index in [-0.39, 0.29) is 6.04 Å². The van der Waals surface area contributed by atoms with Gasteiger partial charge in [-0.3, -0.25) is 9.69 Å². The van der Waals surface area contributed by atoms with Crippen molar-refractivity contribution in [2.24, 2.45) is 0 Å². The van der Waals surface area contributed by atoms with Crippen LogP contribution in [0.2, 0.25) is 5.02 Å². The Balaban J connectivity index is 2.21. The molecule has 1 heterocycles. The number of rotatable bonds is 7. The van der Waals surface area contributed by atoms with Gasteiger partial charge in [0.2, 0.25) is 5.75 Å². The topological polar surface area (TPSA) is 68.2 Å². The first-order valence-electron chi connectivity index (χ1n) is 9.04. The second-order valence-corrected chi connectivity index (χ2v) is 7.05. The molecule has 0 bridgehead atoms. The van der Waals surface area contributed by atoms with Crippen LogP contribution in [0.1, 0.15) is 30.0 Å². The maximum atomic E-state index is 11.9. The van der Waals surface area contributed by atoms with Crippen LogP contribution in [0.4, 0.5) is 0 Å². The third kappa shape index (κ3) is 3.75. The molecule has 0 amide bonds. The minimum absolute atomic E-state index is 0.350. The molecule has 2 atom stereocenters. The molecule has 0 saturated carbocycles. The molecule has 1 aliphatic heterocycles. The molecule has 2 aromatic carbocycles. The van der Waals surface area contributed by atoms with Crippen LogP contribution in [0.15, 0.2) is 36.4 Å². The summed E-state index contributed by atoms with van der Waals surface area (Å²) in [5.74, 6) is 0.705. The highest BCUT2D eigenvalue weighted by Gasteiger charge is 2.38. The summed E-state index contributed by atoms with van der Waals surface area (Å²) in [5, 5.41) is 10.3. The van der Waals surface area contributed by atoms with Crippen LogP contribution in [-0.4, -0.2) is 49.9 Å². The quantitative estimate of drug-likeness (QED) is 0.750. The third-order valence-electron chi connectivity index (χ3n) is 5.10. The first-order valence-corrected chi connectivity index (χ1v) is 9.42. The van der Waals surface area contributed by atoms with Gasteiger partial charge in [0.15, 0.2) is 11.5 Å². The van der Waals surface area contributed by atoms with E-state index in [1.165, 1.54) is 0 Å². The molecule has 0 aliphatic carbocycles. The van der Waals surface area contributed by atoms with Gasteiger partial charge in [-0.25, -0.2) is 0 Å². The molecule has 1 N–H and O–H groups in total. The average Bonchev–Trinajstić information content (AvgIpc) is 3.17. The molecule has 2 aromatic rings. The van der Waals surface area contributed by atoms with Crippen molar-refractivity contribution in [3.8, 4) is 17.2 Å². The molecule has 1 saturated heterocycles. The molecule has 0 spiro atoms. The monoisotopic (exact) mass is 405 g/mol. The summed E-state index contributed by atoms with van der Waals surface area (Å²) in [4.78, 5) is 13.9. The Kier molecular flexibility index (Phi) is 6.31. The number of benzene rings is 2. The highest BCUT2D eigenvalue weighted by Crippen LogP contribution is 2.46. The van der Waals surface area contributed by atoms with Gasteiger partial charge in [0.25, 0.3) is 0 Å². The van der Waals surface area contributed by atoms with E-state index < -0.39 is 12.0 Å². The molecule has 150 valence electrons. The second kappa shape index (κ2) is 8.71.